The van der Waals surface area contributed by atoms with Gasteiger partial charge in [-0.15, -0.1) is 0 Å². The Morgan fingerprint density at radius 3 is 2.74 bits per heavy atom. The molecular formula is C13H10N4O2. The zero-order valence-corrected chi connectivity index (χ0v) is 10.1. The van der Waals surface area contributed by atoms with E-state index in [2.05, 4.69) is 4.98 Å². The van der Waals surface area contributed by atoms with Crippen LogP contribution in [0.4, 0.5) is 17.1 Å². The van der Waals surface area contributed by atoms with E-state index in [1.807, 2.05) is 12.1 Å². The Kier molecular flexibility index (Phi) is 3.39. The Labute approximate surface area is 109 Å². The molecule has 2 aromatic rings. The number of aromatic nitrogens is 1. The Hall–Kier alpha value is -2.94. The average Bonchev–Trinajstić information content (AvgIpc) is 2.46. The number of nitriles is 1. The molecule has 6 heteroatoms. The second-order valence-electron chi connectivity index (χ2n) is 3.84. The van der Waals surface area contributed by atoms with Gasteiger partial charge < -0.3 is 4.90 Å². The van der Waals surface area contributed by atoms with Crippen molar-refractivity contribution in [3.8, 4) is 6.07 Å². The van der Waals surface area contributed by atoms with Gasteiger partial charge in [-0.2, -0.15) is 5.26 Å². The highest BCUT2D eigenvalue weighted by atomic mass is 16.6. The number of nitro benzene ring substituents is 1. The zero-order valence-electron chi connectivity index (χ0n) is 10.1. The summed E-state index contributed by atoms with van der Waals surface area (Å²) in [6.45, 7) is 0. The molecule has 0 aliphatic carbocycles. The summed E-state index contributed by atoms with van der Waals surface area (Å²) in [5.74, 6) is 0. The fourth-order valence-electron chi connectivity index (χ4n) is 1.68. The normalized spacial score (nSPS) is 9.68. The molecule has 1 aromatic carbocycles. The van der Waals surface area contributed by atoms with E-state index in [1.165, 1.54) is 12.1 Å². The molecule has 19 heavy (non-hydrogen) atoms. The number of hydrogen-bond acceptors (Lipinski definition) is 5. The first-order valence-electron chi connectivity index (χ1n) is 5.46. The SMILES string of the molecule is CN(c1cccnc1)c1ccc([N+](=O)[O-])c(C#N)c1. The van der Waals surface area contributed by atoms with Crippen LogP contribution in [-0.2, 0) is 0 Å². The second kappa shape index (κ2) is 5.14. The molecule has 0 aliphatic rings. The molecule has 0 atom stereocenters. The van der Waals surface area contributed by atoms with Crippen LogP contribution in [0.5, 0.6) is 0 Å². The van der Waals surface area contributed by atoms with E-state index >= 15 is 0 Å². The zero-order chi connectivity index (χ0) is 13.8. The Bertz CT molecular complexity index is 649. The lowest BCUT2D eigenvalue weighted by molar-refractivity contribution is -0.385. The molecule has 1 heterocycles. The third-order valence-corrected chi connectivity index (χ3v) is 2.72. The smallest absolute Gasteiger partial charge is 0.287 e. The van der Waals surface area contributed by atoms with Crippen LogP contribution in [-0.4, -0.2) is 17.0 Å². The Balaban J connectivity index is 2.42. The monoisotopic (exact) mass is 254 g/mol. The molecule has 0 amide bonds. The fraction of sp³-hybridized carbons (Fsp3) is 0.0769. The molecule has 2 rings (SSSR count). The molecule has 6 nitrogen and oxygen atoms in total. The number of anilines is 2. The van der Waals surface area contributed by atoms with E-state index in [1.54, 1.807) is 36.5 Å². The van der Waals surface area contributed by atoms with Crippen molar-refractivity contribution in [3.05, 3.63) is 58.4 Å². The predicted octanol–water partition coefficient (Wildman–Crippen LogP) is 2.63. The maximum absolute atomic E-state index is 10.8. The van der Waals surface area contributed by atoms with E-state index in [4.69, 9.17) is 5.26 Å². The van der Waals surface area contributed by atoms with Gasteiger partial charge in [-0.1, -0.05) is 0 Å². The molecule has 0 saturated carbocycles. The van der Waals surface area contributed by atoms with E-state index in [0.717, 1.165) is 5.69 Å². The first kappa shape index (κ1) is 12.5. The van der Waals surface area contributed by atoms with E-state index in [9.17, 15) is 10.1 Å². The van der Waals surface area contributed by atoms with Crippen LogP contribution in [0.15, 0.2) is 42.7 Å². The Morgan fingerprint density at radius 2 is 2.16 bits per heavy atom. The number of nitrogens with zero attached hydrogens (tertiary/aromatic N) is 4. The molecule has 94 valence electrons. The first-order chi connectivity index (χ1) is 9.13. The lowest BCUT2D eigenvalue weighted by atomic mass is 10.1. The maximum atomic E-state index is 10.8. The van der Waals surface area contributed by atoms with Gasteiger partial charge in [0.05, 0.1) is 16.8 Å². The van der Waals surface area contributed by atoms with Crippen LogP contribution < -0.4 is 4.90 Å². The van der Waals surface area contributed by atoms with Crippen LogP contribution >= 0.6 is 0 Å². The van der Waals surface area contributed by atoms with Gasteiger partial charge in [0.25, 0.3) is 5.69 Å². The summed E-state index contributed by atoms with van der Waals surface area (Å²) in [6, 6.07) is 9.92. The topological polar surface area (TPSA) is 83.1 Å². The highest BCUT2D eigenvalue weighted by Crippen LogP contribution is 2.27. The standard InChI is InChI=1S/C13H10N4O2/c1-16(12-3-2-6-15-9-12)11-4-5-13(17(18)19)10(7-11)8-14/h2-7,9H,1H3. The van der Waals surface area contributed by atoms with Gasteiger partial charge in [0.15, 0.2) is 0 Å². The lowest BCUT2D eigenvalue weighted by Crippen LogP contribution is -2.10. The van der Waals surface area contributed by atoms with Crippen LogP contribution in [0.25, 0.3) is 0 Å². The van der Waals surface area contributed by atoms with Crippen molar-refractivity contribution in [3.63, 3.8) is 0 Å². The number of hydrogen-bond donors (Lipinski definition) is 0. The summed E-state index contributed by atoms with van der Waals surface area (Å²) in [5.41, 5.74) is 1.37. The summed E-state index contributed by atoms with van der Waals surface area (Å²) in [7, 11) is 1.80. The van der Waals surface area contributed by atoms with Gasteiger partial charge in [-0.05, 0) is 24.3 Å². The molecule has 0 bridgehead atoms. The minimum absolute atomic E-state index is 0.0400. The van der Waals surface area contributed by atoms with Crippen molar-refractivity contribution in [2.75, 3.05) is 11.9 Å². The second-order valence-corrected chi connectivity index (χ2v) is 3.84. The lowest BCUT2D eigenvalue weighted by Gasteiger charge is -2.18. The third-order valence-electron chi connectivity index (χ3n) is 2.72. The summed E-state index contributed by atoms with van der Waals surface area (Å²) >= 11 is 0. The van der Waals surface area contributed by atoms with Crippen molar-refractivity contribution in [1.82, 2.24) is 4.98 Å². The van der Waals surface area contributed by atoms with Crippen LogP contribution in [0.1, 0.15) is 5.56 Å². The van der Waals surface area contributed by atoms with E-state index in [0.29, 0.717) is 5.69 Å². The molecule has 0 spiro atoms. The maximum Gasteiger partial charge on any atom is 0.287 e. The number of pyridine rings is 1. The summed E-state index contributed by atoms with van der Waals surface area (Å²) < 4.78 is 0. The summed E-state index contributed by atoms with van der Waals surface area (Å²) in [5, 5.41) is 19.7. The number of nitro groups is 1. The van der Waals surface area contributed by atoms with Crippen molar-refractivity contribution >= 4 is 17.1 Å². The first-order valence-corrected chi connectivity index (χ1v) is 5.46. The van der Waals surface area contributed by atoms with Crippen LogP contribution in [0.3, 0.4) is 0 Å². The molecule has 0 fully saturated rings. The average molecular weight is 254 g/mol. The molecule has 0 radical (unpaired) electrons. The minimum atomic E-state index is -0.563. The van der Waals surface area contributed by atoms with Crippen molar-refractivity contribution in [2.24, 2.45) is 0 Å². The molecule has 0 saturated heterocycles. The van der Waals surface area contributed by atoms with Gasteiger partial charge >= 0.3 is 0 Å². The highest BCUT2D eigenvalue weighted by molar-refractivity contribution is 5.66. The number of benzene rings is 1. The van der Waals surface area contributed by atoms with Crippen LogP contribution in [0, 0.1) is 21.4 Å². The summed E-state index contributed by atoms with van der Waals surface area (Å²) in [6.07, 6.45) is 3.33. The van der Waals surface area contributed by atoms with Gasteiger partial charge in [-0.25, -0.2) is 0 Å². The van der Waals surface area contributed by atoms with Gasteiger partial charge in [0.1, 0.15) is 11.6 Å². The third kappa shape index (κ3) is 2.50. The van der Waals surface area contributed by atoms with E-state index in [-0.39, 0.29) is 11.3 Å². The minimum Gasteiger partial charge on any atom is -0.343 e. The molecule has 1 aromatic heterocycles. The quantitative estimate of drug-likeness (QED) is 0.621. The molecular weight excluding hydrogens is 244 g/mol. The Morgan fingerprint density at radius 1 is 1.37 bits per heavy atom. The van der Waals surface area contributed by atoms with E-state index < -0.39 is 4.92 Å². The van der Waals surface area contributed by atoms with Gasteiger partial charge in [-0.3, -0.25) is 15.1 Å². The molecule has 0 N–H and O–H groups in total. The van der Waals surface area contributed by atoms with Gasteiger partial charge in [0.2, 0.25) is 0 Å². The molecule has 0 aliphatic heterocycles. The fourth-order valence-corrected chi connectivity index (χ4v) is 1.68. The summed E-state index contributed by atoms with van der Waals surface area (Å²) in [4.78, 5) is 16.0. The molecule has 0 unspecified atom stereocenters. The van der Waals surface area contributed by atoms with Crippen molar-refractivity contribution in [1.29, 1.82) is 5.26 Å². The number of rotatable bonds is 3. The van der Waals surface area contributed by atoms with Crippen molar-refractivity contribution < 1.29 is 4.92 Å². The highest BCUT2D eigenvalue weighted by Gasteiger charge is 2.15. The van der Waals surface area contributed by atoms with Crippen LogP contribution in [0.2, 0.25) is 0 Å². The predicted molar refractivity (Wildman–Crippen MR) is 70.1 cm³/mol. The van der Waals surface area contributed by atoms with Crippen molar-refractivity contribution in [2.45, 2.75) is 0 Å². The largest absolute Gasteiger partial charge is 0.343 e. The van der Waals surface area contributed by atoms with Gasteiger partial charge in [0, 0.05) is 25.0 Å².